The van der Waals surface area contributed by atoms with Gasteiger partial charge in [0, 0.05) is 0 Å². The Morgan fingerprint density at radius 3 is 2.42 bits per heavy atom. The summed E-state index contributed by atoms with van der Waals surface area (Å²) in [6.07, 6.45) is -1.34. The molecule has 1 atom stereocenters. The van der Waals surface area contributed by atoms with Gasteiger partial charge in [0.05, 0.1) is 13.7 Å². The first-order valence-electron chi connectivity index (χ1n) is 6.31. The van der Waals surface area contributed by atoms with Crippen molar-refractivity contribution in [3.05, 3.63) is 29.8 Å². The Kier molecular flexibility index (Phi) is 9.26. The summed E-state index contributed by atoms with van der Waals surface area (Å²) in [5.41, 5.74) is 1.14. The summed E-state index contributed by atoms with van der Waals surface area (Å²) in [6.45, 7) is 6.20. The second-order valence-corrected chi connectivity index (χ2v) is 3.65. The van der Waals surface area contributed by atoms with Crippen molar-refractivity contribution in [2.45, 2.75) is 26.9 Å². The predicted molar refractivity (Wildman–Crippen MR) is 74.4 cm³/mol. The van der Waals surface area contributed by atoms with E-state index in [1.165, 1.54) is 7.11 Å². The molecule has 1 aromatic rings. The number of alkyl carbamates (subject to hydrolysis) is 1. The Labute approximate surface area is 114 Å². The van der Waals surface area contributed by atoms with Gasteiger partial charge in [0.2, 0.25) is 0 Å². The van der Waals surface area contributed by atoms with E-state index in [9.17, 15) is 9.90 Å². The molecule has 0 aliphatic carbocycles. The average molecular weight is 269 g/mol. The molecule has 0 heterocycles. The topological polar surface area (TPSA) is 67.8 Å². The number of carbonyl (C=O) groups is 1. The van der Waals surface area contributed by atoms with Crippen LogP contribution in [0.3, 0.4) is 0 Å². The van der Waals surface area contributed by atoms with Gasteiger partial charge in [-0.25, -0.2) is 4.79 Å². The van der Waals surface area contributed by atoms with Gasteiger partial charge in [-0.2, -0.15) is 0 Å². The van der Waals surface area contributed by atoms with Gasteiger partial charge >= 0.3 is 6.09 Å². The number of aliphatic hydroxyl groups is 1. The minimum Gasteiger partial charge on any atom is -0.491 e. The van der Waals surface area contributed by atoms with Crippen molar-refractivity contribution < 1.29 is 19.4 Å². The fourth-order valence-electron chi connectivity index (χ4n) is 1.16. The molecule has 1 aromatic carbocycles. The molecule has 1 unspecified atom stereocenters. The first-order valence-corrected chi connectivity index (χ1v) is 6.31. The third kappa shape index (κ3) is 8.05. The maximum Gasteiger partial charge on any atom is 0.406 e. The summed E-state index contributed by atoms with van der Waals surface area (Å²) in [5, 5.41) is 11.9. The van der Waals surface area contributed by atoms with Crippen molar-refractivity contribution >= 4 is 6.09 Å². The Morgan fingerprint density at radius 2 is 1.89 bits per heavy atom. The number of hydrogen-bond acceptors (Lipinski definition) is 4. The highest BCUT2D eigenvalue weighted by atomic mass is 16.5. The maximum atomic E-state index is 10.7. The molecule has 0 saturated heterocycles. The molecule has 0 radical (unpaired) electrons. The molecule has 108 valence electrons. The van der Waals surface area contributed by atoms with E-state index in [1.807, 2.05) is 45.0 Å². The molecule has 2 N–H and O–H groups in total. The van der Waals surface area contributed by atoms with Crippen LogP contribution in [0.4, 0.5) is 4.79 Å². The van der Waals surface area contributed by atoms with E-state index >= 15 is 0 Å². The molecule has 1 rings (SSSR count). The molecule has 19 heavy (non-hydrogen) atoms. The number of nitrogens with one attached hydrogen (secondary N) is 1. The number of aryl methyl sites for hydroxylation is 1. The number of amides is 1. The number of rotatable bonds is 5. The van der Waals surface area contributed by atoms with Crippen LogP contribution < -0.4 is 10.1 Å². The van der Waals surface area contributed by atoms with Crippen LogP contribution in [0.25, 0.3) is 0 Å². The fraction of sp³-hybridized carbons (Fsp3) is 0.500. The van der Waals surface area contributed by atoms with Gasteiger partial charge in [0.25, 0.3) is 0 Å². The largest absolute Gasteiger partial charge is 0.491 e. The number of methoxy groups -OCH3 is 1. The molecule has 0 aromatic heterocycles. The van der Waals surface area contributed by atoms with Crippen LogP contribution in [-0.2, 0) is 4.74 Å². The lowest BCUT2D eigenvalue weighted by molar-refractivity contribution is 0.102. The van der Waals surface area contributed by atoms with Crippen LogP contribution in [0.2, 0.25) is 0 Å². The first-order chi connectivity index (χ1) is 9.11. The Bertz CT molecular complexity index is 351. The van der Waals surface area contributed by atoms with Crippen molar-refractivity contribution in [1.29, 1.82) is 0 Å². The summed E-state index contributed by atoms with van der Waals surface area (Å²) in [5.74, 6) is 0.688. The van der Waals surface area contributed by atoms with Gasteiger partial charge < -0.3 is 19.9 Å². The molecule has 0 bridgehead atoms. The van der Waals surface area contributed by atoms with Gasteiger partial charge in [-0.05, 0) is 19.1 Å². The quantitative estimate of drug-likeness (QED) is 0.859. The highest BCUT2D eigenvalue weighted by Crippen LogP contribution is 2.11. The van der Waals surface area contributed by atoms with Crippen LogP contribution in [0.5, 0.6) is 5.75 Å². The van der Waals surface area contributed by atoms with Gasteiger partial charge in [-0.15, -0.1) is 0 Å². The summed E-state index contributed by atoms with van der Waals surface area (Å²) >= 11 is 0. The minimum absolute atomic E-state index is 0.0958. The number of ether oxygens (including phenoxy) is 2. The maximum absolute atomic E-state index is 10.7. The van der Waals surface area contributed by atoms with Crippen LogP contribution >= 0.6 is 0 Å². The normalized spacial score (nSPS) is 10.8. The smallest absolute Gasteiger partial charge is 0.406 e. The number of benzene rings is 1. The van der Waals surface area contributed by atoms with Crippen molar-refractivity contribution in [2.75, 3.05) is 20.3 Å². The standard InChI is InChI=1S/C12H17NO4.C2H6/c1-9-3-5-11(6-4-9)17-8-10(14)7-13-12(15)16-2;1-2/h3-6,10,14H,7-8H2,1-2H3,(H,13,15);1-2H3. The van der Waals surface area contributed by atoms with E-state index in [1.54, 1.807) is 0 Å². The Balaban J connectivity index is 0.00000154. The van der Waals surface area contributed by atoms with Crippen LogP contribution in [0.15, 0.2) is 24.3 Å². The van der Waals surface area contributed by atoms with Crippen LogP contribution in [0.1, 0.15) is 19.4 Å². The number of hydrogen-bond donors (Lipinski definition) is 2. The molecule has 1 amide bonds. The molecule has 0 aliphatic heterocycles. The first kappa shape index (κ1) is 17.2. The molecule has 0 saturated carbocycles. The SMILES string of the molecule is CC.COC(=O)NCC(O)COc1ccc(C)cc1. The third-order valence-electron chi connectivity index (χ3n) is 2.13. The van der Waals surface area contributed by atoms with Crippen LogP contribution in [0, 0.1) is 6.92 Å². The van der Waals surface area contributed by atoms with Gasteiger partial charge in [0.1, 0.15) is 18.5 Å². The van der Waals surface area contributed by atoms with E-state index < -0.39 is 12.2 Å². The fourth-order valence-corrected chi connectivity index (χ4v) is 1.16. The Morgan fingerprint density at radius 1 is 1.32 bits per heavy atom. The third-order valence-corrected chi connectivity index (χ3v) is 2.13. The van der Waals surface area contributed by atoms with E-state index in [0.717, 1.165) is 5.56 Å². The van der Waals surface area contributed by atoms with Crippen molar-refractivity contribution in [3.8, 4) is 5.75 Å². The zero-order chi connectivity index (χ0) is 14.7. The summed E-state index contributed by atoms with van der Waals surface area (Å²) in [6, 6.07) is 7.51. The predicted octanol–water partition coefficient (Wildman–Crippen LogP) is 2.12. The summed E-state index contributed by atoms with van der Waals surface area (Å²) < 4.78 is 9.72. The average Bonchev–Trinajstić information content (AvgIpc) is 2.46. The monoisotopic (exact) mass is 269 g/mol. The lowest BCUT2D eigenvalue weighted by Crippen LogP contribution is -2.35. The lowest BCUT2D eigenvalue weighted by Gasteiger charge is -2.12. The van der Waals surface area contributed by atoms with E-state index in [2.05, 4.69) is 10.1 Å². The van der Waals surface area contributed by atoms with Gasteiger partial charge in [0.15, 0.2) is 0 Å². The lowest BCUT2D eigenvalue weighted by atomic mass is 10.2. The molecule has 5 nitrogen and oxygen atoms in total. The summed E-state index contributed by atoms with van der Waals surface area (Å²) in [4.78, 5) is 10.7. The molecular weight excluding hydrogens is 246 g/mol. The highest BCUT2D eigenvalue weighted by Gasteiger charge is 2.07. The minimum atomic E-state index is -0.768. The second kappa shape index (κ2) is 10.2. The number of carbonyl (C=O) groups excluding carboxylic acids is 1. The van der Waals surface area contributed by atoms with Gasteiger partial charge in [-0.1, -0.05) is 31.5 Å². The molecule has 0 spiro atoms. The van der Waals surface area contributed by atoms with E-state index in [-0.39, 0.29) is 13.2 Å². The summed E-state index contributed by atoms with van der Waals surface area (Å²) in [7, 11) is 1.27. The van der Waals surface area contributed by atoms with E-state index in [4.69, 9.17) is 4.74 Å². The molecule has 0 aliphatic rings. The van der Waals surface area contributed by atoms with Gasteiger partial charge in [-0.3, -0.25) is 0 Å². The van der Waals surface area contributed by atoms with E-state index in [0.29, 0.717) is 5.75 Å². The molecule has 0 fully saturated rings. The second-order valence-electron chi connectivity index (χ2n) is 3.65. The van der Waals surface area contributed by atoms with Crippen LogP contribution in [-0.4, -0.2) is 37.6 Å². The zero-order valence-electron chi connectivity index (χ0n) is 12.0. The molecular formula is C14H23NO4. The number of aliphatic hydroxyl groups excluding tert-OH is 1. The zero-order valence-corrected chi connectivity index (χ0v) is 12.0. The van der Waals surface area contributed by atoms with Crippen molar-refractivity contribution in [3.63, 3.8) is 0 Å². The van der Waals surface area contributed by atoms with Crippen molar-refractivity contribution in [2.24, 2.45) is 0 Å². The van der Waals surface area contributed by atoms with Crippen molar-refractivity contribution in [1.82, 2.24) is 5.32 Å². The molecule has 5 heteroatoms. The Hall–Kier alpha value is -1.75. The highest BCUT2D eigenvalue weighted by molar-refractivity contribution is 5.66.